The number of ether oxygens (including phenoxy) is 2. The third-order valence-corrected chi connectivity index (χ3v) is 3.20. The molecule has 2 unspecified atom stereocenters. The van der Waals surface area contributed by atoms with Crippen molar-refractivity contribution in [3.05, 3.63) is 29.8 Å². The van der Waals surface area contributed by atoms with Gasteiger partial charge in [-0.2, -0.15) is 0 Å². The summed E-state index contributed by atoms with van der Waals surface area (Å²) >= 11 is 0. The second-order valence-electron chi connectivity index (χ2n) is 4.61. The first kappa shape index (κ1) is 14.2. The number of hydrogen-bond acceptors (Lipinski definition) is 5. The Labute approximate surface area is 116 Å². The van der Waals surface area contributed by atoms with Gasteiger partial charge in [0.2, 0.25) is 0 Å². The molecule has 1 aliphatic rings. The van der Waals surface area contributed by atoms with Crippen molar-refractivity contribution in [2.45, 2.75) is 26.4 Å². The van der Waals surface area contributed by atoms with E-state index in [0.717, 1.165) is 0 Å². The fourth-order valence-electron chi connectivity index (χ4n) is 2.33. The Morgan fingerprint density at radius 3 is 2.65 bits per heavy atom. The van der Waals surface area contributed by atoms with Gasteiger partial charge in [-0.1, -0.05) is 12.1 Å². The van der Waals surface area contributed by atoms with Crippen LogP contribution in [0.4, 0.5) is 0 Å². The number of hydrogen-bond donors (Lipinski definition) is 0. The Morgan fingerprint density at radius 1 is 1.30 bits per heavy atom. The predicted molar refractivity (Wildman–Crippen MR) is 70.6 cm³/mol. The van der Waals surface area contributed by atoms with Crippen molar-refractivity contribution in [3.8, 4) is 5.75 Å². The first-order chi connectivity index (χ1) is 9.54. The van der Waals surface area contributed by atoms with E-state index < -0.39 is 18.0 Å². The molecule has 1 aromatic rings. The number of carbonyl (C=O) groups is 3. The monoisotopic (exact) mass is 276 g/mol. The van der Waals surface area contributed by atoms with Crippen molar-refractivity contribution in [1.82, 2.24) is 0 Å². The van der Waals surface area contributed by atoms with Crippen LogP contribution < -0.4 is 4.74 Å². The summed E-state index contributed by atoms with van der Waals surface area (Å²) in [6, 6.07) is 6.72. The number of esters is 1. The van der Waals surface area contributed by atoms with Gasteiger partial charge < -0.3 is 9.47 Å². The normalized spacial score (nSPS) is 20.8. The van der Waals surface area contributed by atoms with E-state index in [1.807, 2.05) is 0 Å². The van der Waals surface area contributed by atoms with Gasteiger partial charge in [0.25, 0.3) is 0 Å². The van der Waals surface area contributed by atoms with Gasteiger partial charge >= 0.3 is 5.97 Å². The van der Waals surface area contributed by atoms with Crippen LogP contribution in [0, 0.1) is 5.92 Å². The molecule has 0 N–H and O–H groups in total. The van der Waals surface area contributed by atoms with Gasteiger partial charge in [-0.05, 0) is 26.0 Å². The second kappa shape index (κ2) is 5.86. The van der Waals surface area contributed by atoms with E-state index in [2.05, 4.69) is 0 Å². The molecule has 106 valence electrons. The van der Waals surface area contributed by atoms with Gasteiger partial charge in [-0.15, -0.1) is 0 Å². The van der Waals surface area contributed by atoms with Crippen molar-refractivity contribution < 1.29 is 23.9 Å². The first-order valence-corrected chi connectivity index (χ1v) is 6.50. The van der Waals surface area contributed by atoms with Crippen LogP contribution in [0.5, 0.6) is 5.75 Å². The van der Waals surface area contributed by atoms with Gasteiger partial charge in [0, 0.05) is 0 Å². The molecule has 2 atom stereocenters. The van der Waals surface area contributed by atoms with Crippen LogP contribution in [0.3, 0.4) is 0 Å². The average Bonchev–Trinajstić information content (AvgIpc) is 2.38. The molecule has 1 aromatic carbocycles. The lowest BCUT2D eigenvalue weighted by molar-refractivity contribution is -0.145. The van der Waals surface area contributed by atoms with Gasteiger partial charge in [-0.25, -0.2) is 0 Å². The van der Waals surface area contributed by atoms with E-state index in [4.69, 9.17) is 9.47 Å². The second-order valence-corrected chi connectivity index (χ2v) is 4.61. The molecule has 0 spiro atoms. The molecule has 0 saturated carbocycles. The van der Waals surface area contributed by atoms with Gasteiger partial charge in [0.15, 0.2) is 5.78 Å². The lowest BCUT2D eigenvalue weighted by Crippen LogP contribution is -2.43. The highest BCUT2D eigenvalue weighted by Crippen LogP contribution is 2.32. The average molecular weight is 276 g/mol. The minimum Gasteiger partial charge on any atom is -0.488 e. The predicted octanol–water partition coefficient (Wildman–Crippen LogP) is 1.79. The molecule has 1 aliphatic heterocycles. The number of para-hydroxylation sites is 1. The molecule has 0 fully saturated rings. The molecule has 0 aromatic heterocycles. The van der Waals surface area contributed by atoms with Crippen LogP contribution in [0.1, 0.15) is 30.6 Å². The molecule has 5 nitrogen and oxygen atoms in total. The summed E-state index contributed by atoms with van der Waals surface area (Å²) in [7, 11) is 0. The lowest BCUT2D eigenvalue weighted by atomic mass is 9.85. The maximum absolute atomic E-state index is 12.4. The van der Waals surface area contributed by atoms with E-state index in [1.54, 1.807) is 31.2 Å². The highest BCUT2D eigenvalue weighted by molar-refractivity contribution is 6.12. The third-order valence-electron chi connectivity index (χ3n) is 3.20. The molecular formula is C15H16O5. The molecule has 5 heteroatoms. The molecule has 0 radical (unpaired) electrons. The van der Waals surface area contributed by atoms with Crippen LogP contribution in [0.15, 0.2) is 24.3 Å². The maximum Gasteiger partial charge on any atom is 0.309 e. The largest absolute Gasteiger partial charge is 0.488 e. The number of rotatable bonds is 4. The Balaban J connectivity index is 2.29. The topological polar surface area (TPSA) is 69.7 Å². The van der Waals surface area contributed by atoms with Gasteiger partial charge in [-0.3, -0.25) is 14.4 Å². The summed E-state index contributed by atoms with van der Waals surface area (Å²) in [5.74, 6) is -1.62. The van der Waals surface area contributed by atoms with E-state index in [9.17, 15) is 14.4 Å². The highest BCUT2D eigenvalue weighted by atomic mass is 16.5. The Morgan fingerprint density at radius 2 is 2.00 bits per heavy atom. The smallest absolute Gasteiger partial charge is 0.309 e. The standard InChI is InChI=1S/C15H16O5/c1-3-19-13(17)8-12-14(9(2)16)15(18)10-6-4-5-7-11(10)20-12/h4-7,12,14H,3,8H2,1-2H3. The fourth-order valence-corrected chi connectivity index (χ4v) is 2.33. The van der Waals surface area contributed by atoms with E-state index >= 15 is 0 Å². The van der Waals surface area contributed by atoms with E-state index in [-0.39, 0.29) is 24.6 Å². The number of benzene rings is 1. The zero-order chi connectivity index (χ0) is 14.7. The number of carbonyl (C=O) groups excluding carboxylic acids is 3. The van der Waals surface area contributed by atoms with Crippen molar-refractivity contribution in [1.29, 1.82) is 0 Å². The molecule has 20 heavy (non-hydrogen) atoms. The van der Waals surface area contributed by atoms with Crippen LogP contribution in [-0.4, -0.2) is 30.2 Å². The van der Waals surface area contributed by atoms with Crippen LogP contribution in [0.25, 0.3) is 0 Å². The van der Waals surface area contributed by atoms with Crippen molar-refractivity contribution in [3.63, 3.8) is 0 Å². The zero-order valence-electron chi connectivity index (χ0n) is 11.4. The van der Waals surface area contributed by atoms with Gasteiger partial charge in [0.1, 0.15) is 23.6 Å². The molecular weight excluding hydrogens is 260 g/mol. The van der Waals surface area contributed by atoms with Crippen molar-refractivity contribution in [2.75, 3.05) is 6.61 Å². The van der Waals surface area contributed by atoms with Crippen LogP contribution >= 0.6 is 0 Å². The maximum atomic E-state index is 12.4. The number of ketones is 2. The quantitative estimate of drug-likeness (QED) is 0.619. The van der Waals surface area contributed by atoms with Crippen molar-refractivity contribution >= 4 is 17.5 Å². The Bertz CT molecular complexity index is 549. The molecule has 2 rings (SSSR count). The van der Waals surface area contributed by atoms with E-state index in [1.165, 1.54) is 6.92 Å². The number of fused-ring (bicyclic) bond motifs is 1. The minimum atomic E-state index is -0.950. The molecule has 0 saturated heterocycles. The lowest BCUT2D eigenvalue weighted by Gasteiger charge is -2.30. The van der Waals surface area contributed by atoms with Crippen molar-refractivity contribution in [2.24, 2.45) is 5.92 Å². The minimum absolute atomic E-state index is 0.113. The third kappa shape index (κ3) is 2.71. The zero-order valence-corrected chi connectivity index (χ0v) is 11.4. The summed E-state index contributed by atoms with van der Waals surface area (Å²) in [5.41, 5.74) is 0.382. The molecule has 0 aliphatic carbocycles. The Hall–Kier alpha value is -2.17. The summed E-state index contributed by atoms with van der Waals surface area (Å²) in [5, 5.41) is 0. The van der Waals surface area contributed by atoms with Crippen LogP contribution in [-0.2, 0) is 14.3 Å². The fraction of sp³-hybridized carbons (Fsp3) is 0.400. The van der Waals surface area contributed by atoms with Gasteiger partial charge in [0.05, 0.1) is 18.6 Å². The van der Waals surface area contributed by atoms with E-state index in [0.29, 0.717) is 11.3 Å². The summed E-state index contributed by atoms with van der Waals surface area (Å²) in [6.45, 7) is 3.28. The van der Waals surface area contributed by atoms with Crippen LogP contribution in [0.2, 0.25) is 0 Å². The Kier molecular flexibility index (Phi) is 4.17. The first-order valence-electron chi connectivity index (χ1n) is 6.50. The highest BCUT2D eigenvalue weighted by Gasteiger charge is 2.41. The molecule has 0 amide bonds. The SMILES string of the molecule is CCOC(=O)CC1Oc2ccccc2C(=O)C1C(C)=O. The number of Topliss-reactive ketones (excluding diaryl/α,β-unsaturated/α-hetero) is 2. The summed E-state index contributed by atoms with van der Waals surface area (Å²) in [6.07, 6.45) is -0.910. The molecule has 1 heterocycles. The molecule has 0 bridgehead atoms. The summed E-state index contributed by atoms with van der Waals surface area (Å²) < 4.78 is 10.5. The summed E-state index contributed by atoms with van der Waals surface area (Å²) in [4.78, 5) is 35.6.